The minimum Gasteiger partial charge on any atom is -0.839 e. The van der Waals surface area contributed by atoms with Crippen molar-refractivity contribution in [2.45, 2.75) is 6.54 Å². The maximum Gasteiger partial charge on any atom is 0.300 e. The molecule has 1 N–H and O–H groups in total. The Morgan fingerprint density at radius 3 is 2.93 bits per heavy atom. The first-order valence-electron chi connectivity index (χ1n) is 7.77. The van der Waals surface area contributed by atoms with Crippen LogP contribution in [0.5, 0.6) is 5.88 Å². The molecular weight excluding hydrogens is 454 g/mol. The molecule has 10 heteroatoms. The van der Waals surface area contributed by atoms with Crippen LogP contribution in [-0.2, 0) is 6.54 Å². The number of anilines is 1. The molecule has 136 valence electrons. The van der Waals surface area contributed by atoms with Crippen molar-refractivity contribution in [3.63, 3.8) is 0 Å². The fourth-order valence-electron chi connectivity index (χ4n) is 2.70. The first-order valence-corrected chi connectivity index (χ1v) is 9.75. The van der Waals surface area contributed by atoms with E-state index >= 15 is 0 Å². The van der Waals surface area contributed by atoms with Gasteiger partial charge in [-0.2, -0.15) is 4.40 Å². The van der Waals surface area contributed by atoms with Crippen LogP contribution in [0.15, 0.2) is 53.4 Å². The number of thiazole rings is 1. The molecule has 0 aliphatic heterocycles. The number of rotatable bonds is 4. The number of aromatic nitrogens is 4. The van der Waals surface area contributed by atoms with Crippen LogP contribution in [0.4, 0.5) is 5.82 Å². The third-order valence-corrected chi connectivity index (χ3v) is 5.36. The van der Waals surface area contributed by atoms with Gasteiger partial charge in [-0.3, -0.25) is 4.79 Å². The molecule has 0 unspecified atom stereocenters. The molecule has 0 aliphatic rings. The Hall–Kier alpha value is -2.49. The van der Waals surface area contributed by atoms with Gasteiger partial charge in [0, 0.05) is 12.3 Å². The van der Waals surface area contributed by atoms with Crippen molar-refractivity contribution in [2.75, 3.05) is 5.32 Å². The number of carbonyl (C=O) groups excluding carboxylic acids is 1. The van der Waals surface area contributed by atoms with Crippen molar-refractivity contribution in [3.05, 3.63) is 68.4 Å². The van der Waals surface area contributed by atoms with Crippen LogP contribution in [0.1, 0.15) is 15.4 Å². The summed E-state index contributed by atoms with van der Waals surface area (Å²) in [5.74, 6) is -0.591. The van der Waals surface area contributed by atoms with Gasteiger partial charge in [-0.15, -0.1) is 11.3 Å². The van der Waals surface area contributed by atoms with E-state index in [1.165, 1.54) is 15.9 Å². The van der Waals surface area contributed by atoms with Crippen molar-refractivity contribution < 1.29 is 14.5 Å². The van der Waals surface area contributed by atoms with Gasteiger partial charge in [0.2, 0.25) is 5.69 Å². The second-order valence-corrected chi connectivity index (χ2v) is 8.06. The van der Waals surface area contributed by atoms with Crippen LogP contribution >= 0.6 is 38.9 Å². The predicted molar refractivity (Wildman–Crippen MR) is 103 cm³/mol. The van der Waals surface area contributed by atoms with Crippen LogP contribution < -0.4 is 15.0 Å². The molecule has 0 aromatic carbocycles. The largest absolute Gasteiger partial charge is 0.839 e. The molecule has 4 aromatic rings. The van der Waals surface area contributed by atoms with Gasteiger partial charge in [0.1, 0.15) is 22.8 Å². The van der Waals surface area contributed by atoms with E-state index in [4.69, 9.17) is 11.6 Å². The van der Waals surface area contributed by atoms with E-state index in [0.29, 0.717) is 20.5 Å². The maximum absolute atomic E-state index is 13.0. The van der Waals surface area contributed by atoms with E-state index in [2.05, 4.69) is 31.2 Å². The van der Waals surface area contributed by atoms with Crippen molar-refractivity contribution in [1.29, 1.82) is 0 Å². The van der Waals surface area contributed by atoms with Crippen LogP contribution in [-0.4, -0.2) is 20.3 Å². The lowest BCUT2D eigenvalue weighted by Gasteiger charge is -2.07. The minimum atomic E-state index is -0.534. The van der Waals surface area contributed by atoms with Gasteiger partial charge in [-0.25, -0.2) is 14.5 Å². The fourth-order valence-corrected chi connectivity index (χ4v) is 4.01. The Labute approximate surface area is 171 Å². The van der Waals surface area contributed by atoms with Crippen molar-refractivity contribution in [2.24, 2.45) is 0 Å². The second kappa shape index (κ2) is 7.26. The molecule has 0 radical (unpaired) electrons. The highest BCUT2D eigenvalue weighted by atomic mass is 79.9. The average molecular weight is 465 g/mol. The summed E-state index contributed by atoms with van der Waals surface area (Å²) in [7, 11) is 0. The predicted octanol–water partition coefficient (Wildman–Crippen LogP) is 2.87. The van der Waals surface area contributed by atoms with E-state index < -0.39 is 11.8 Å². The topological polar surface area (TPSA) is 86.2 Å². The second-order valence-electron chi connectivity index (χ2n) is 5.55. The van der Waals surface area contributed by atoms with Crippen molar-refractivity contribution >= 4 is 56.2 Å². The van der Waals surface area contributed by atoms with Gasteiger partial charge in [-0.05, 0) is 34.1 Å². The summed E-state index contributed by atoms with van der Waals surface area (Å²) in [6, 6.07) is 10.5. The Kier molecular flexibility index (Phi) is 4.81. The van der Waals surface area contributed by atoms with Crippen molar-refractivity contribution in [1.82, 2.24) is 14.4 Å². The number of halogens is 2. The minimum absolute atomic E-state index is 0.00277. The summed E-state index contributed by atoms with van der Waals surface area (Å²) in [5, 5.41) is 15.7. The maximum atomic E-state index is 13.0. The highest BCUT2D eigenvalue weighted by molar-refractivity contribution is 9.10. The number of amides is 1. The SMILES string of the molecule is O=C(Nc1cccc(Br)n1)c1c([O-])[n+](Cc2cnc(Cl)s2)c2ccccn12. The number of nitrogens with zero attached hydrogens (tertiary/aromatic N) is 4. The summed E-state index contributed by atoms with van der Waals surface area (Å²) in [6.07, 6.45) is 3.30. The van der Waals surface area contributed by atoms with Gasteiger partial charge in [0.15, 0.2) is 4.47 Å². The molecule has 0 fully saturated rings. The molecule has 0 atom stereocenters. The normalized spacial score (nSPS) is 11.0. The number of hydrogen-bond acceptors (Lipinski definition) is 5. The van der Waals surface area contributed by atoms with Crippen LogP contribution in [0.3, 0.4) is 0 Å². The Bertz CT molecular complexity index is 1160. The van der Waals surface area contributed by atoms with Gasteiger partial charge in [0.25, 0.3) is 11.6 Å². The average Bonchev–Trinajstić information content (AvgIpc) is 3.17. The Balaban J connectivity index is 1.76. The molecule has 4 rings (SSSR count). The molecule has 4 heterocycles. The molecule has 0 bridgehead atoms. The van der Waals surface area contributed by atoms with Crippen LogP contribution in [0.25, 0.3) is 5.65 Å². The number of pyridine rings is 2. The lowest BCUT2D eigenvalue weighted by atomic mass is 10.4. The zero-order valence-corrected chi connectivity index (χ0v) is 16.8. The highest BCUT2D eigenvalue weighted by Crippen LogP contribution is 2.21. The van der Waals surface area contributed by atoms with E-state index in [-0.39, 0.29) is 12.2 Å². The van der Waals surface area contributed by atoms with Gasteiger partial charge >= 0.3 is 0 Å². The molecular formula is C17H11BrClN5O2S. The number of fused-ring (bicyclic) bond motifs is 1. The molecule has 4 aromatic heterocycles. The number of carbonyl (C=O) groups is 1. The molecule has 7 nitrogen and oxygen atoms in total. The van der Waals surface area contributed by atoms with Gasteiger partial charge in [-0.1, -0.05) is 23.7 Å². The summed E-state index contributed by atoms with van der Waals surface area (Å²) in [4.78, 5) is 21.8. The van der Waals surface area contributed by atoms with Crippen molar-refractivity contribution in [3.8, 4) is 5.88 Å². The number of imidazole rings is 1. The fraction of sp³-hybridized carbons (Fsp3) is 0.0588. The first-order chi connectivity index (χ1) is 13.0. The quantitative estimate of drug-likeness (QED) is 0.372. The third kappa shape index (κ3) is 3.53. The molecule has 1 amide bonds. The van der Waals surface area contributed by atoms with E-state index in [0.717, 1.165) is 4.88 Å². The van der Waals surface area contributed by atoms with Gasteiger partial charge < -0.3 is 10.4 Å². The summed E-state index contributed by atoms with van der Waals surface area (Å²) in [6.45, 7) is 0.277. The monoisotopic (exact) mass is 463 g/mol. The summed E-state index contributed by atoms with van der Waals surface area (Å²) in [5.41, 5.74) is 0.599. The Morgan fingerprint density at radius 2 is 2.19 bits per heavy atom. The zero-order valence-electron chi connectivity index (χ0n) is 13.6. The standard InChI is InChI=1S/C17H11BrClN5O2S/c18-11-4-3-5-12(21-11)22-15(25)14-16(26)24(9-10-8-20-17(19)27-10)13-6-1-2-7-23(13)14/h1-8H,9H2,(H-,21,22,25,26). The lowest BCUT2D eigenvalue weighted by molar-refractivity contribution is -0.704. The van der Waals surface area contributed by atoms with Gasteiger partial charge in [0.05, 0.1) is 11.1 Å². The Morgan fingerprint density at radius 1 is 1.33 bits per heavy atom. The molecule has 0 aliphatic carbocycles. The van der Waals surface area contributed by atoms with Crippen LogP contribution in [0.2, 0.25) is 4.47 Å². The van der Waals surface area contributed by atoms with E-state index in [1.807, 2.05) is 6.07 Å². The first kappa shape index (κ1) is 17.9. The number of hydrogen-bond donors (Lipinski definition) is 1. The highest BCUT2D eigenvalue weighted by Gasteiger charge is 2.26. The zero-order chi connectivity index (χ0) is 19.0. The molecule has 0 saturated heterocycles. The summed E-state index contributed by atoms with van der Waals surface area (Å²) >= 11 is 10.4. The third-order valence-electron chi connectivity index (χ3n) is 3.81. The smallest absolute Gasteiger partial charge is 0.300 e. The molecule has 0 saturated carbocycles. The molecule has 27 heavy (non-hydrogen) atoms. The summed E-state index contributed by atoms with van der Waals surface area (Å²) < 4.78 is 4.07. The lowest BCUT2D eigenvalue weighted by Crippen LogP contribution is -2.36. The van der Waals surface area contributed by atoms with E-state index in [9.17, 15) is 9.90 Å². The number of nitrogens with one attached hydrogen (secondary N) is 1. The van der Waals surface area contributed by atoms with E-state index in [1.54, 1.807) is 47.1 Å². The molecule has 0 spiro atoms. The van der Waals surface area contributed by atoms with Crippen LogP contribution in [0, 0.1) is 0 Å².